The molecule has 0 spiro atoms. The van der Waals surface area contributed by atoms with Crippen LogP contribution in [0.2, 0.25) is 0 Å². The first-order valence-corrected chi connectivity index (χ1v) is 12.9. The molecular weight excluding hydrogens is 541 g/mol. The van der Waals surface area contributed by atoms with Crippen LogP contribution < -0.4 is 15.6 Å². The summed E-state index contributed by atoms with van der Waals surface area (Å²) in [6.07, 6.45) is 1.54. The molecule has 4 rings (SSSR count). The van der Waals surface area contributed by atoms with Crippen molar-refractivity contribution >= 4 is 27.7 Å². The monoisotopic (exact) mass is 569 g/mol. The van der Waals surface area contributed by atoms with Gasteiger partial charge in [0.05, 0.1) is 6.61 Å². The molecule has 1 atom stereocenters. The number of aliphatic hydroxyl groups is 1. The molecule has 1 aliphatic heterocycles. The van der Waals surface area contributed by atoms with Crippen molar-refractivity contribution in [1.29, 1.82) is 0 Å². The molecule has 3 aromatic rings. The van der Waals surface area contributed by atoms with Crippen LogP contribution in [0.3, 0.4) is 0 Å². The predicted molar refractivity (Wildman–Crippen MR) is 143 cm³/mol. The molecule has 3 aromatic carbocycles. The van der Waals surface area contributed by atoms with Gasteiger partial charge in [-0.15, -0.1) is 0 Å². The highest BCUT2D eigenvalue weighted by Crippen LogP contribution is 2.28. The molecular formula is C28H29BrFN3O4. The molecule has 0 aliphatic carbocycles. The first kappa shape index (κ1) is 26.8. The largest absolute Gasteiger partial charge is 0.494 e. The number of hydrogen-bond donors (Lipinski definition) is 3. The number of amides is 1. The van der Waals surface area contributed by atoms with Gasteiger partial charge in [-0.25, -0.2) is 14.8 Å². The van der Waals surface area contributed by atoms with Crippen LogP contribution in [-0.2, 0) is 22.4 Å². The van der Waals surface area contributed by atoms with Gasteiger partial charge in [0, 0.05) is 36.0 Å². The lowest BCUT2D eigenvalue weighted by molar-refractivity contribution is -0.127. The summed E-state index contributed by atoms with van der Waals surface area (Å²) >= 11 is 3.45. The van der Waals surface area contributed by atoms with Gasteiger partial charge in [-0.1, -0.05) is 40.2 Å². The van der Waals surface area contributed by atoms with Crippen molar-refractivity contribution in [2.75, 3.05) is 26.4 Å². The Morgan fingerprint density at radius 3 is 2.46 bits per heavy atom. The summed E-state index contributed by atoms with van der Waals surface area (Å²) < 4.78 is 25.6. The number of nitrogens with zero attached hydrogens (tertiary/aromatic N) is 1. The zero-order chi connectivity index (χ0) is 26.1. The number of halogens is 2. The summed E-state index contributed by atoms with van der Waals surface area (Å²) in [5.74, 6) is 0.493. The summed E-state index contributed by atoms with van der Waals surface area (Å²) in [6.45, 7) is 1.07. The molecule has 1 heterocycles. The molecule has 0 saturated heterocycles. The lowest BCUT2D eigenvalue weighted by atomic mass is 9.91. The zero-order valence-corrected chi connectivity index (χ0v) is 21.8. The van der Waals surface area contributed by atoms with E-state index < -0.39 is 5.54 Å². The number of rotatable bonds is 12. The molecule has 0 fully saturated rings. The average molecular weight is 570 g/mol. The van der Waals surface area contributed by atoms with Gasteiger partial charge in [0.25, 0.3) is 5.91 Å². The second-order valence-electron chi connectivity index (χ2n) is 8.75. The second-order valence-corrected chi connectivity index (χ2v) is 9.66. The number of hydrogen-bond acceptors (Lipinski definition) is 6. The Balaban J connectivity index is 1.46. The smallest absolute Gasteiger partial charge is 0.266 e. The van der Waals surface area contributed by atoms with Gasteiger partial charge in [0.15, 0.2) is 5.54 Å². The highest BCUT2D eigenvalue weighted by atomic mass is 79.9. The van der Waals surface area contributed by atoms with Crippen LogP contribution in [0.4, 0.5) is 4.39 Å². The minimum Gasteiger partial charge on any atom is -0.494 e. The van der Waals surface area contributed by atoms with Crippen LogP contribution in [0, 0.1) is 5.82 Å². The molecule has 0 aromatic heterocycles. The van der Waals surface area contributed by atoms with E-state index in [0.29, 0.717) is 44.1 Å². The van der Waals surface area contributed by atoms with Crippen molar-refractivity contribution in [1.82, 2.24) is 10.9 Å². The molecule has 1 aliphatic rings. The third-order valence-electron chi connectivity index (χ3n) is 5.92. The van der Waals surface area contributed by atoms with Crippen LogP contribution >= 0.6 is 15.9 Å². The molecule has 37 heavy (non-hydrogen) atoms. The fourth-order valence-corrected chi connectivity index (χ4v) is 4.15. The van der Waals surface area contributed by atoms with Gasteiger partial charge in [-0.05, 0) is 66.1 Å². The van der Waals surface area contributed by atoms with Crippen LogP contribution in [-0.4, -0.2) is 48.8 Å². The lowest BCUT2D eigenvalue weighted by Crippen LogP contribution is -2.53. The molecule has 7 nitrogen and oxygen atoms in total. The Bertz CT molecular complexity index is 1200. The van der Waals surface area contributed by atoms with Crippen LogP contribution in [0.5, 0.6) is 5.75 Å². The van der Waals surface area contributed by atoms with E-state index >= 15 is 0 Å². The van der Waals surface area contributed by atoms with Crippen molar-refractivity contribution in [3.63, 3.8) is 0 Å². The molecule has 0 bridgehead atoms. The maximum absolute atomic E-state index is 13.4. The van der Waals surface area contributed by atoms with E-state index in [1.165, 1.54) is 12.1 Å². The Morgan fingerprint density at radius 2 is 1.76 bits per heavy atom. The Kier molecular flexibility index (Phi) is 9.27. The number of hydrazine groups is 1. The summed E-state index contributed by atoms with van der Waals surface area (Å²) in [5, 5.41) is 8.91. The van der Waals surface area contributed by atoms with Crippen molar-refractivity contribution < 1.29 is 23.8 Å². The number of carbonyl (C=O) groups is 1. The molecule has 9 heteroatoms. The molecule has 0 radical (unpaired) electrons. The van der Waals surface area contributed by atoms with Crippen molar-refractivity contribution in [2.24, 2.45) is 4.99 Å². The number of nitrogens with one attached hydrogen (secondary N) is 2. The van der Waals surface area contributed by atoms with E-state index in [2.05, 4.69) is 26.8 Å². The van der Waals surface area contributed by atoms with Gasteiger partial charge >= 0.3 is 0 Å². The zero-order valence-electron chi connectivity index (χ0n) is 20.3. The fraction of sp³-hybridized carbons (Fsp3) is 0.286. The van der Waals surface area contributed by atoms with Crippen LogP contribution in [0.1, 0.15) is 23.1 Å². The van der Waals surface area contributed by atoms with Gasteiger partial charge < -0.3 is 14.6 Å². The summed E-state index contributed by atoms with van der Waals surface area (Å²) in [6, 6.07) is 21.3. The quantitative estimate of drug-likeness (QED) is 0.227. The standard InChI is InChI=1S/C28H29BrFN3O4/c29-23-8-2-21(3-9-23)18-28(27(35)33-31-15-14-20-4-10-24(30)11-5-20)19-37-26(32-28)22-6-12-25(13-7-22)36-17-1-16-34/h2-13,31,34H,1,14-19H2,(H,33,35)/t28-/m0/s1. The predicted octanol–water partition coefficient (Wildman–Crippen LogP) is 3.97. The first-order chi connectivity index (χ1) is 18.0. The van der Waals surface area contributed by atoms with Gasteiger partial charge in [-0.3, -0.25) is 10.2 Å². The molecule has 194 valence electrons. The SMILES string of the molecule is O=C(NNCCc1ccc(F)cc1)[C@]1(Cc2ccc(Br)cc2)COC(c2ccc(OCCCO)cc2)=N1. The van der Waals surface area contributed by atoms with E-state index in [1.807, 2.05) is 48.5 Å². The van der Waals surface area contributed by atoms with Crippen LogP contribution in [0.15, 0.2) is 82.3 Å². The Labute approximate surface area is 223 Å². The minimum atomic E-state index is -1.15. The average Bonchev–Trinajstić information content (AvgIpc) is 3.35. The van der Waals surface area contributed by atoms with E-state index in [-0.39, 0.29) is 24.9 Å². The van der Waals surface area contributed by atoms with E-state index in [0.717, 1.165) is 21.2 Å². The lowest BCUT2D eigenvalue weighted by Gasteiger charge is -2.23. The van der Waals surface area contributed by atoms with Gasteiger partial charge in [-0.2, -0.15) is 0 Å². The maximum Gasteiger partial charge on any atom is 0.266 e. The molecule has 1 amide bonds. The molecule has 0 saturated carbocycles. The summed E-state index contributed by atoms with van der Waals surface area (Å²) in [4.78, 5) is 18.2. The van der Waals surface area contributed by atoms with Crippen molar-refractivity contribution in [2.45, 2.75) is 24.8 Å². The minimum absolute atomic E-state index is 0.0757. The normalized spacial score (nSPS) is 16.7. The summed E-state index contributed by atoms with van der Waals surface area (Å²) in [5.41, 5.74) is 7.26. The van der Waals surface area contributed by atoms with Gasteiger partial charge in [0.2, 0.25) is 5.90 Å². The fourth-order valence-electron chi connectivity index (χ4n) is 3.89. The number of carbonyl (C=O) groups excluding carboxylic acids is 1. The number of aliphatic imine (C=N–C) groups is 1. The highest BCUT2D eigenvalue weighted by molar-refractivity contribution is 9.10. The molecule has 3 N–H and O–H groups in total. The third-order valence-corrected chi connectivity index (χ3v) is 6.45. The maximum atomic E-state index is 13.4. The van der Waals surface area contributed by atoms with E-state index in [1.54, 1.807) is 12.1 Å². The number of aliphatic hydroxyl groups excluding tert-OH is 1. The van der Waals surface area contributed by atoms with Gasteiger partial charge in [0.1, 0.15) is 18.2 Å². The van der Waals surface area contributed by atoms with Crippen LogP contribution in [0.25, 0.3) is 0 Å². The highest BCUT2D eigenvalue weighted by Gasteiger charge is 2.44. The Hall–Kier alpha value is -3.27. The van der Waals surface area contributed by atoms with Crippen molar-refractivity contribution in [3.8, 4) is 5.75 Å². The molecule has 0 unspecified atom stereocenters. The number of benzene rings is 3. The van der Waals surface area contributed by atoms with E-state index in [4.69, 9.17) is 19.6 Å². The van der Waals surface area contributed by atoms with Crippen molar-refractivity contribution in [3.05, 3.63) is 99.8 Å². The third kappa shape index (κ3) is 7.38. The van der Waals surface area contributed by atoms with E-state index in [9.17, 15) is 9.18 Å². The second kappa shape index (κ2) is 12.8. The topological polar surface area (TPSA) is 92.2 Å². The Morgan fingerprint density at radius 1 is 1.05 bits per heavy atom. The summed E-state index contributed by atoms with van der Waals surface area (Å²) in [7, 11) is 0. The number of ether oxygens (including phenoxy) is 2. The first-order valence-electron chi connectivity index (χ1n) is 12.1.